The molecule has 1 aliphatic heterocycles. The van der Waals surface area contributed by atoms with E-state index in [1.54, 1.807) is 29.2 Å². The minimum atomic E-state index is -0.330. The van der Waals surface area contributed by atoms with E-state index >= 15 is 0 Å². The van der Waals surface area contributed by atoms with E-state index in [9.17, 15) is 9.18 Å². The third-order valence-electron chi connectivity index (χ3n) is 5.68. The number of likely N-dealkylation sites (tertiary alicyclic amines) is 1. The van der Waals surface area contributed by atoms with E-state index in [1.165, 1.54) is 30.7 Å². The van der Waals surface area contributed by atoms with Crippen molar-refractivity contribution >= 4 is 23.3 Å². The van der Waals surface area contributed by atoms with Crippen LogP contribution in [0, 0.1) is 11.2 Å². The second-order valence-corrected chi connectivity index (χ2v) is 8.13. The van der Waals surface area contributed by atoms with Gasteiger partial charge in [0.15, 0.2) is 0 Å². The topological polar surface area (TPSA) is 130 Å². The number of pyridine rings is 1. The molecule has 10 heteroatoms. The Bertz CT molecular complexity index is 1230. The summed E-state index contributed by atoms with van der Waals surface area (Å²) in [6.45, 7) is 4.90. The monoisotopic (exact) mass is 475 g/mol. The lowest BCUT2D eigenvalue weighted by molar-refractivity contribution is -0.127. The second kappa shape index (κ2) is 10.7. The van der Waals surface area contributed by atoms with Gasteiger partial charge in [-0.3, -0.25) is 10.2 Å². The lowest BCUT2D eigenvalue weighted by Crippen LogP contribution is -2.44. The number of nitrogens with two attached hydrogens (primary N) is 1. The van der Waals surface area contributed by atoms with Gasteiger partial charge in [-0.2, -0.15) is 0 Å². The van der Waals surface area contributed by atoms with Crippen molar-refractivity contribution in [1.82, 2.24) is 19.9 Å². The summed E-state index contributed by atoms with van der Waals surface area (Å²) in [5, 5.41) is 12.1. The molecule has 1 amide bonds. The first-order valence-corrected chi connectivity index (χ1v) is 11.2. The Labute approximate surface area is 202 Å². The fourth-order valence-corrected chi connectivity index (χ4v) is 3.91. The molecule has 0 unspecified atom stereocenters. The van der Waals surface area contributed by atoms with Crippen LogP contribution in [0.25, 0.3) is 0 Å². The second-order valence-electron chi connectivity index (χ2n) is 8.13. The van der Waals surface area contributed by atoms with E-state index in [2.05, 4.69) is 26.8 Å². The van der Waals surface area contributed by atoms with Crippen LogP contribution in [-0.4, -0.2) is 50.6 Å². The zero-order valence-corrected chi connectivity index (χ0v) is 19.1. The first-order chi connectivity index (χ1) is 16.9. The molecule has 3 aromatic rings. The average Bonchev–Trinajstić information content (AvgIpc) is 2.87. The highest BCUT2D eigenvalue weighted by Crippen LogP contribution is 2.24. The number of nitrogens with one attached hydrogen (secondary N) is 2. The molecule has 0 saturated carbocycles. The van der Waals surface area contributed by atoms with Gasteiger partial charge in [-0.05, 0) is 42.7 Å². The van der Waals surface area contributed by atoms with E-state index in [0.29, 0.717) is 41.5 Å². The van der Waals surface area contributed by atoms with Crippen molar-refractivity contribution in [3.05, 3.63) is 84.1 Å². The van der Waals surface area contributed by atoms with Crippen LogP contribution in [0.5, 0.6) is 5.88 Å². The fraction of sp³-hybridized carbons (Fsp3) is 0.240. The summed E-state index contributed by atoms with van der Waals surface area (Å²) < 4.78 is 19.0. The molecule has 3 heterocycles. The largest absolute Gasteiger partial charge is 0.473 e. The number of ether oxygens (including phenoxy) is 1. The SMILES string of the molecule is C=CC(=O)N1CCC[C@@H](Nc2ncnc(N)c2C(=N)c2ccc(OCc3cccc(F)c3)nc2)C1. The van der Waals surface area contributed by atoms with Crippen LogP contribution in [-0.2, 0) is 11.4 Å². The maximum Gasteiger partial charge on any atom is 0.246 e. The van der Waals surface area contributed by atoms with Crippen molar-refractivity contribution in [2.75, 3.05) is 24.1 Å². The average molecular weight is 476 g/mol. The van der Waals surface area contributed by atoms with Crippen LogP contribution < -0.4 is 15.8 Å². The van der Waals surface area contributed by atoms with Gasteiger partial charge < -0.3 is 20.7 Å². The maximum absolute atomic E-state index is 13.3. The summed E-state index contributed by atoms with van der Waals surface area (Å²) in [5.74, 6) is 0.483. The van der Waals surface area contributed by atoms with Gasteiger partial charge in [0.1, 0.15) is 30.4 Å². The summed E-state index contributed by atoms with van der Waals surface area (Å²) in [6.07, 6.45) is 5.84. The molecule has 0 aliphatic carbocycles. The number of nitrogens with zero attached hydrogens (tertiary/aromatic N) is 4. The first-order valence-electron chi connectivity index (χ1n) is 11.2. The van der Waals surface area contributed by atoms with Crippen molar-refractivity contribution in [3.63, 3.8) is 0 Å². The molecule has 4 rings (SSSR count). The smallest absolute Gasteiger partial charge is 0.246 e. The van der Waals surface area contributed by atoms with Gasteiger partial charge in [-0.15, -0.1) is 0 Å². The lowest BCUT2D eigenvalue weighted by Gasteiger charge is -2.33. The minimum absolute atomic E-state index is 0.0507. The van der Waals surface area contributed by atoms with Crippen LogP contribution in [0.2, 0.25) is 0 Å². The standard InChI is InChI=1S/C25H26FN7O2/c1-2-21(34)33-10-4-7-19(13-33)32-25-22(24(28)30-15-31-25)23(27)17-8-9-20(29-12-17)35-14-16-5-3-6-18(26)11-16/h2-3,5-6,8-9,11-12,15,19,27H,1,4,7,10,13-14H2,(H3,28,30,31,32)/t19-/m1/s1. The Kier molecular flexibility index (Phi) is 7.30. The number of benzene rings is 1. The molecule has 180 valence electrons. The molecule has 1 aromatic carbocycles. The number of hydrogen-bond donors (Lipinski definition) is 3. The fourth-order valence-electron chi connectivity index (χ4n) is 3.91. The zero-order chi connectivity index (χ0) is 24.8. The predicted octanol–water partition coefficient (Wildman–Crippen LogP) is 3.18. The molecule has 2 aromatic heterocycles. The van der Waals surface area contributed by atoms with Gasteiger partial charge in [-0.1, -0.05) is 18.7 Å². The van der Waals surface area contributed by atoms with Gasteiger partial charge in [0, 0.05) is 37.0 Å². The van der Waals surface area contributed by atoms with Crippen molar-refractivity contribution in [2.24, 2.45) is 0 Å². The number of halogens is 1. The summed E-state index contributed by atoms with van der Waals surface area (Å²) in [6, 6.07) is 9.42. The molecule has 0 bridgehead atoms. The quantitative estimate of drug-likeness (QED) is 0.337. The van der Waals surface area contributed by atoms with Crippen LogP contribution in [0.1, 0.15) is 29.5 Å². The highest BCUT2D eigenvalue weighted by atomic mass is 19.1. The van der Waals surface area contributed by atoms with Crippen molar-refractivity contribution in [3.8, 4) is 5.88 Å². The molecule has 35 heavy (non-hydrogen) atoms. The van der Waals surface area contributed by atoms with Gasteiger partial charge in [0.05, 0.1) is 11.3 Å². The molecule has 0 radical (unpaired) electrons. The number of hydrogen-bond acceptors (Lipinski definition) is 8. The molecule has 1 aliphatic rings. The Balaban J connectivity index is 1.47. The number of piperidine rings is 1. The van der Waals surface area contributed by atoms with E-state index < -0.39 is 0 Å². The Hall–Kier alpha value is -4.34. The van der Waals surface area contributed by atoms with Gasteiger partial charge in [0.2, 0.25) is 11.8 Å². The molecular weight excluding hydrogens is 449 g/mol. The molecule has 0 spiro atoms. The number of rotatable bonds is 8. The number of amides is 1. The molecule has 9 nitrogen and oxygen atoms in total. The number of anilines is 2. The normalized spacial score (nSPS) is 15.3. The van der Waals surface area contributed by atoms with Crippen molar-refractivity contribution in [2.45, 2.75) is 25.5 Å². The third-order valence-corrected chi connectivity index (χ3v) is 5.68. The van der Waals surface area contributed by atoms with Crippen LogP contribution in [0.4, 0.5) is 16.0 Å². The first kappa shape index (κ1) is 23.8. The Morgan fingerprint density at radius 2 is 2.17 bits per heavy atom. The number of aromatic nitrogens is 3. The van der Waals surface area contributed by atoms with Gasteiger partial charge in [0.25, 0.3) is 0 Å². The number of carbonyl (C=O) groups excluding carboxylic acids is 1. The van der Waals surface area contributed by atoms with Crippen LogP contribution in [0.15, 0.2) is 61.6 Å². The highest BCUT2D eigenvalue weighted by Gasteiger charge is 2.25. The highest BCUT2D eigenvalue weighted by molar-refractivity contribution is 6.16. The molecule has 1 saturated heterocycles. The van der Waals surface area contributed by atoms with Gasteiger partial charge >= 0.3 is 0 Å². The minimum Gasteiger partial charge on any atom is -0.473 e. The molecular formula is C25H26FN7O2. The number of carbonyl (C=O) groups is 1. The van der Waals surface area contributed by atoms with Crippen molar-refractivity contribution in [1.29, 1.82) is 5.41 Å². The van der Waals surface area contributed by atoms with Gasteiger partial charge in [-0.25, -0.2) is 19.3 Å². The molecule has 1 fully saturated rings. The maximum atomic E-state index is 13.3. The third kappa shape index (κ3) is 5.78. The predicted molar refractivity (Wildman–Crippen MR) is 131 cm³/mol. The zero-order valence-electron chi connectivity index (χ0n) is 19.1. The molecule has 4 N–H and O–H groups in total. The summed E-state index contributed by atoms with van der Waals surface area (Å²) in [4.78, 5) is 26.4. The summed E-state index contributed by atoms with van der Waals surface area (Å²) in [7, 11) is 0. The number of nitrogen functional groups attached to an aromatic ring is 1. The Morgan fingerprint density at radius 1 is 1.31 bits per heavy atom. The molecule has 1 atom stereocenters. The van der Waals surface area contributed by atoms with E-state index in [1.807, 2.05) is 0 Å². The van der Waals surface area contributed by atoms with Crippen LogP contribution >= 0.6 is 0 Å². The summed E-state index contributed by atoms with van der Waals surface area (Å²) in [5.41, 5.74) is 7.77. The van der Waals surface area contributed by atoms with Crippen molar-refractivity contribution < 1.29 is 13.9 Å². The lowest BCUT2D eigenvalue weighted by atomic mass is 10.0. The summed E-state index contributed by atoms with van der Waals surface area (Å²) >= 11 is 0. The Morgan fingerprint density at radius 3 is 2.91 bits per heavy atom. The van der Waals surface area contributed by atoms with E-state index in [4.69, 9.17) is 15.9 Å². The van der Waals surface area contributed by atoms with E-state index in [0.717, 1.165) is 12.8 Å². The van der Waals surface area contributed by atoms with Crippen LogP contribution in [0.3, 0.4) is 0 Å². The van der Waals surface area contributed by atoms with E-state index in [-0.39, 0.29) is 35.9 Å².